The quantitative estimate of drug-likeness (QED) is 0.800. The van der Waals surface area contributed by atoms with Gasteiger partial charge in [-0.3, -0.25) is 9.89 Å². The molecule has 1 aliphatic rings. The van der Waals surface area contributed by atoms with Crippen molar-refractivity contribution < 1.29 is 4.79 Å². The number of carbonyl (C=O) groups excluding carboxylic acids is 1. The van der Waals surface area contributed by atoms with Crippen molar-refractivity contribution in [3.05, 3.63) is 11.4 Å². The average molecular weight is 250 g/mol. The van der Waals surface area contributed by atoms with Gasteiger partial charge in [0.1, 0.15) is 0 Å². The Labute approximate surface area is 108 Å². The van der Waals surface area contributed by atoms with Gasteiger partial charge in [-0.25, -0.2) is 0 Å². The topological polar surface area (TPSA) is 75.0 Å². The van der Waals surface area contributed by atoms with Crippen LogP contribution in [0.15, 0.2) is 0 Å². The molecule has 100 valence electrons. The Morgan fingerprint density at radius 1 is 1.39 bits per heavy atom. The van der Waals surface area contributed by atoms with E-state index in [1.165, 1.54) is 0 Å². The van der Waals surface area contributed by atoms with Gasteiger partial charge in [-0.05, 0) is 31.6 Å². The maximum atomic E-state index is 12.4. The highest BCUT2D eigenvalue weighted by molar-refractivity contribution is 5.97. The summed E-state index contributed by atoms with van der Waals surface area (Å²) < 4.78 is 0. The lowest BCUT2D eigenvalue weighted by molar-refractivity contribution is 0.0752. The second-order valence-electron chi connectivity index (χ2n) is 5.92. The number of hydrogen-bond acceptors (Lipinski definition) is 3. The first-order chi connectivity index (χ1) is 8.41. The minimum atomic E-state index is -0.0467. The molecule has 1 fully saturated rings. The molecule has 0 unspecified atom stereocenters. The number of rotatable bonds is 1. The summed E-state index contributed by atoms with van der Waals surface area (Å²) in [5.74, 6) is -0.0467. The number of likely N-dealkylation sites (tertiary alicyclic amines) is 1. The molecule has 0 saturated carbocycles. The van der Waals surface area contributed by atoms with Crippen LogP contribution in [0.25, 0.3) is 0 Å². The van der Waals surface area contributed by atoms with Crippen molar-refractivity contribution in [3.8, 4) is 0 Å². The summed E-state index contributed by atoms with van der Waals surface area (Å²) in [5, 5.41) is 6.78. The van der Waals surface area contributed by atoms with E-state index in [1.807, 2.05) is 11.8 Å². The number of nitrogen functional groups attached to an aromatic ring is 1. The molecular weight excluding hydrogens is 228 g/mol. The van der Waals surface area contributed by atoms with E-state index in [4.69, 9.17) is 5.73 Å². The third-order valence-electron chi connectivity index (χ3n) is 3.82. The number of nitrogens with two attached hydrogens (primary N) is 1. The van der Waals surface area contributed by atoms with Crippen LogP contribution in [0, 0.1) is 12.3 Å². The number of nitrogens with one attached hydrogen (secondary N) is 1. The van der Waals surface area contributed by atoms with E-state index < -0.39 is 0 Å². The number of anilines is 1. The van der Waals surface area contributed by atoms with Gasteiger partial charge >= 0.3 is 0 Å². The molecule has 0 spiro atoms. The van der Waals surface area contributed by atoms with E-state index in [1.54, 1.807) is 0 Å². The smallest absolute Gasteiger partial charge is 0.276 e. The molecule has 1 saturated heterocycles. The highest BCUT2D eigenvalue weighted by Crippen LogP contribution is 2.30. The maximum absolute atomic E-state index is 12.4. The lowest BCUT2D eigenvalue weighted by atomic mass is 9.85. The van der Waals surface area contributed by atoms with Gasteiger partial charge in [-0.2, -0.15) is 5.10 Å². The predicted octanol–water partition coefficient (Wildman–Crippen LogP) is 1.95. The van der Waals surface area contributed by atoms with E-state index in [-0.39, 0.29) is 5.91 Å². The Hall–Kier alpha value is -1.52. The lowest BCUT2D eigenvalue weighted by Crippen LogP contribution is -2.33. The fourth-order valence-electron chi connectivity index (χ4n) is 2.38. The Bertz CT molecular complexity index is 450. The fourth-order valence-corrected chi connectivity index (χ4v) is 2.38. The second kappa shape index (κ2) is 4.63. The molecule has 2 heterocycles. The van der Waals surface area contributed by atoms with Crippen LogP contribution in [0.4, 0.5) is 5.69 Å². The molecule has 0 aromatic carbocycles. The number of H-pyrrole nitrogens is 1. The average Bonchev–Trinajstić information content (AvgIpc) is 2.53. The van der Waals surface area contributed by atoms with Gasteiger partial charge in [0.2, 0.25) is 0 Å². The third kappa shape index (κ3) is 2.49. The molecule has 0 radical (unpaired) electrons. The van der Waals surface area contributed by atoms with Crippen LogP contribution in [-0.4, -0.2) is 34.1 Å². The summed E-state index contributed by atoms with van der Waals surface area (Å²) in [6, 6.07) is 0. The van der Waals surface area contributed by atoms with E-state index in [0.717, 1.165) is 38.0 Å². The van der Waals surface area contributed by atoms with E-state index in [0.29, 0.717) is 16.8 Å². The minimum Gasteiger partial charge on any atom is -0.395 e. The molecule has 1 amide bonds. The number of nitrogens with zero attached hydrogens (tertiary/aromatic N) is 2. The van der Waals surface area contributed by atoms with E-state index >= 15 is 0 Å². The van der Waals surface area contributed by atoms with Crippen LogP contribution >= 0.6 is 0 Å². The molecule has 1 aliphatic heterocycles. The molecule has 5 heteroatoms. The highest BCUT2D eigenvalue weighted by atomic mass is 16.2. The normalized spacial score (nSPS) is 19.6. The summed E-state index contributed by atoms with van der Waals surface area (Å²) in [6.45, 7) is 7.93. The van der Waals surface area contributed by atoms with Crippen LogP contribution in [-0.2, 0) is 0 Å². The van der Waals surface area contributed by atoms with Crippen molar-refractivity contribution in [1.29, 1.82) is 0 Å². The summed E-state index contributed by atoms with van der Waals surface area (Å²) in [5.41, 5.74) is 7.78. The largest absolute Gasteiger partial charge is 0.395 e. The maximum Gasteiger partial charge on any atom is 0.276 e. The first kappa shape index (κ1) is 12.9. The van der Waals surface area contributed by atoms with Crippen molar-refractivity contribution in [2.45, 2.75) is 40.0 Å². The third-order valence-corrected chi connectivity index (χ3v) is 3.82. The zero-order valence-electron chi connectivity index (χ0n) is 11.4. The molecule has 5 nitrogen and oxygen atoms in total. The zero-order valence-corrected chi connectivity index (χ0v) is 11.4. The molecule has 1 aromatic heterocycles. The Morgan fingerprint density at radius 3 is 2.72 bits per heavy atom. The molecular formula is C13H22N4O. The van der Waals surface area contributed by atoms with Crippen LogP contribution in [0.2, 0.25) is 0 Å². The van der Waals surface area contributed by atoms with Gasteiger partial charge < -0.3 is 10.6 Å². The van der Waals surface area contributed by atoms with Gasteiger partial charge in [0.05, 0.1) is 11.4 Å². The Balaban J connectivity index is 2.12. The van der Waals surface area contributed by atoms with E-state index in [9.17, 15) is 4.79 Å². The second-order valence-corrected chi connectivity index (χ2v) is 5.92. The number of aryl methyl sites for hydroxylation is 1. The summed E-state index contributed by atoms with van der Waals surface area (Å²) in [7, 11) is 0. The molecule has 3 N–H and O–H groups in total. The molecule has 0 atom stereocenters. The van der Waals surface area contributed by atoms with Crippen molar-refractivity contribution in [3.63, 3.8) is 0 Å². The molecule has 2 rings (SSSR count). The summed E-state index contributed by atoms with van der Waals surface area (Å²) >= 11 is 0. The number of carbonyl (C=O) groups is 1. The number of amides is 1. The van der Waals surface area contributed by atoms with Crippen LogP contribution in [0.5, 0.6) is 0 Å². The van der Waals surface area contributed by atoms with Crippen molar-refractivity contribution in [1.82, 2.24) is 15.1 Å². The van der Waals surface area contributed by atoms with Gasteiger partial charge in [0, 0.05) is 13.1 Å². The Morgan fingerprint density at radius 2 is 2.11 bits per heavy atom. The lowest BCUT2D eigenvalue weighted by Gasteiger charge is -2.23. The summed E-state index contributed by atoms with van der Waals surface area (Å²) in [6.07, 6.45) is 3.23. The highest BCUT2D eigenvalue weighted by Gasteiger charge is 2.28. The first-order valence-electron chi connectivity index (χ1n) is 6.50. The summed E-state index contributed by atoms with van der Waals surface area (Å²) in [4.78, 5) is 14.2. The number of hydrogen-bond donors (Lipinski definition) is 2. The minimum absolute atomic E-state index is 0.0467. The van der Waals surface area contributed by atoms with Crippen LogP contribution < -0.4 is 5.73 Å². The van der Waals surface area contributed by atoms with Crippen LogP contribution in [0.3, 0.4) is 0 Å². The standard InChI is InChI=1S/C13H22N4O/c1-9-10(14)11(16-15-9)12(18)17-7-4-5-13(2,3)6-8-17/h4-8,14H2,1-3H3,(H,15,16). The molecule has 18 heavy (non-hydrogen) atoms. The van der Waals surface area contributed by atoms with Crippen molar-refractivity contribution in [2.24, 2.45) is 5.41 Å². The predicted molar refractivity (Wildman–Crippen MR) is 71.3 cm³/mol. The number of aromatic amines is 1. The first-order valence-corrected chi connectivity index (χ1v) is 6.50. The zero-order chi connectivity index (χ0) is 13.3. The van der Waals surface area contributed by atoms with Crippen molar-refractivity contribution >= 4 is 11.6 Å². The SMILES string of the molecule is Cc1[nH]nc(C(=O)N2CCCC(C)(C)CC2)c1N. The number of aromatic nitrogens is 2. The van der Waals surface area contributed by atoms with Crippen molar-refractivity contribution in [2.75, 3.05) is 18.8 Å². The monoisotopic (exact) mass is 250 g/mol. The van der Waals surface area contributed by atoms with E-state index in [2.05, 4.69) is 24.0 Å². The van der Waals surface area contributed by atoms with Gasteiger partial charge in [-0.15, -0.1) is 0 Å². The molecule has 1 aromatic rings. The fraction of sp³-hybridized carbons (Fsp3) is 0.692. The van der Waals surface area contributed by atoms with Crippen LogP contribution in [0.1, 0.15) is 49.3 Å². The molecule has 0 bridgehead atoms. The molecule has 0 aliphatic carbocycles. The van der Waals surface area contributed by atoms with Gasteiger partial charge in [0.15, 0.2) is 5.69 Å². The van der Waals surface area contributed by atoms with Gasteiger partial charge in [0.25, 0.3) is 5.91 Å². The Kier molecular flexibility index (Phi) is 3.32. The van der Waals surface area contributed by atoms with Gasteiger partial charge in [-0.1, -0.05) is 13.8 Å².